The van der Waals surface area contributed by atoms with Gasteiger partial charge in [0, 0.05) is 37.4 Å². The summed E-state index contributed by atoms with van der Waals surface area (Å²) in [6, 6.07) is 19.5. The van der Waals surface area contributed by atoms with Crippen LogP contribution in [0.5, 0.6) is 0 Å². The van der Waals surface area contributed by atoms with Crippen LogP contribution in [0.3, 0.4) is 0 Å². The summed E-state index contributed by atoms with van der Waals surface area (Å²) in [6.07, 6.45) is 0. The van der Waals surface area contributed by atoms with E-state index in [1.54, 1.807) is 0 Å². The number of benzene rings is 3. The minimum Gasteiger partial charge on any atom is -0.368 e. The van der Waals surface area contributed by atoms with Crippen LogP contribution in [0.25, 0.3) is 10.8 Å². The Kier molecular flexibility index (Phi) is 5.01. The Morgan fingerprint density at radius 3 is 2.41 bits per heavy atom. The van der Waals surface area contributed by atoms with Crippen molar-refractivity contribution in [3.8, 4) is 0 Å². The Hall–Kier alpha value is -2.56. The molecule has 1 aliphatic heterocycles. The molecular weight excluding hydrogens is 358 g/mol. The van der Waals surface area contributed by atoms with Crippen LogP contribution in [-0.2, 0) is 0 Å². The first-order valence-electron chi connectivity index (χ1n) is 9.13. The molecule has 5 heteroatoms. The number of halogens is 1. The lowest BCUT2D eigenvalue weighted by atomic mass is 10.1. The van der Waals surface area contributed by atoms with E-state index in [0.29, 0.717) is 16.3 Å². The second-order valence-electron chi connectivity index (χ2n) is 6.97. The zero-order valence-corrected chi connectivity index (χ0v) is 16.0. The fourth-order valence-electron chi connectivity index (χ4n) is 3.42. The van der Waals surface area contributed by atoms with Crippen LogP contribution >= 0.6 is 11.6 Å². The fraction of sp³-hybridized carbons (Fsp3) is 0.227. The summed E-state index contributed by atoms with van der Waals surface area (Å²) in [6.45, 7) is 3.96. The van der Waals surface area contributed by atoms with Gasteiger partial charge in [0.15, 0.2) is 0 Å². The van der Waals surface area contributed by atoms with Crippen molar-refractivity contribution in [3.63, 3.8) is 0 Å². The quantitative estimate of drug-likeness (QED) is 0.727. The molecule has 0 saturated carbocycles. The Bertz CT molecular complexity index is 980. The molecule has 1 heterocycles. The van der Waals surface area contributed by atoms with Crippen LogP contribution in [0.4, 0.5) is 11.4 Å². The predicted octanol–water partition coefficient (Wildman–Crippen LogP) is 4.50. The molecule has 0 unspecified atom stereocenters. The molecule has 0 radical (unpaired) electrons. The third kappa shape index (κ3) is 3.92. The normalized spacial score (nSPS) is 15.1. The summed E-state index contributed by atoms with van der Waals surface area (Å²) in [5.41, 5.74) is 2.36. The summed E-state index contributed by atoms with van der Waals surface area (Å²) in [5.74, 6) is -0.135. The van der Waals surface area contributed by atoms with Gasteiger partial charge in [-0.25, -0.2) is 0 Å². The number of carbonyl (C=O) groups excluding carboxylic acids is 1. The predicted molar refractivity (Wildman–Crippen MR) is 113 cm³/mol. The third-order valence-electron chi connectivity index (χ3n) is 5.06. The average molecular weight is 380 g/mol. The second-order valence-corrected chi connectivity index (χ2v) is 7.38. The van der Waals surface area contributed by atoms with Gasteiger partial charge in [-0.15, -0.1) is 0 Å². The van der Waals surface area contributed by atoms with Gasteiger partial charge in [0.25, 0.3) is 5.91 Å². The van der Waals surface area contributed by atoms with Crippen molar-refractivity contribution in [3.05, 3.63) is 71.2 Å². The number of nitrogens with one attached hydrogen (secondary N) is 1. The van der Waals surface area contributed by atoms with Gasteiger partial charge in [-0.05, 0) is 48.2 Å². The van der Waals surface area contributed by atoms with Crippen molar-refractivity contribution < 1.29 is 4.79 Å². The molecule has 0 atom stereocenters. The molecule has 27 heavy (non-hydrogen) atoms. The van der Waals surface area contributed by atoms with Crippen LogP contribution < -0.4 is 10.2 Å². The summed E-state index contributed by atoms with van der Waals surface area (Å²) >= 11 is 6.50. The minimum atomic E-state index is -0.135. The van der Waals surface area contributed by atoms with Gasteiger partial charge in [0.2, 0.25) is 0 Å². The standard InChI is InChI=1S/C22H22ClN3O/c1-25-10-12-26(13-11-25)21-9-8-19(15-20(21)23)24-22(27)18-7-6-16-4-2-3-5-17(16)14-18/h2-9,14-15H,10-13H2,1H3,(H,24,27). The molecule has 1 aliphatic rings. The average Bonchev–Trinajstić information content (AvgIpc) is 2.68. The Morgan fingerprint density at radius 2 is 1.67 bits per heavy atom. The topological polar surface area (TPSA) is 35.6 Å². The van der Waals surface area contributed by atoms with Crippen molar-refractivity contribution in [2.75, 3.05) is 43.4 Å². The fourth-order valence-corrected chi connectivity index (χ4v) is 3.72. The van der Waals surface area contributed by atoms with Crippen LogP contribution in [0.15, 0.2) is 60.7 Å². The van der Waals surface area contributed by atoms with Gasteiger partial charge in [-0.2, -0.15) is 0 Å². The molecule has 0 aromatic heterocycles. The molecule has 0 spiro atoms. The highest BCUT2D eigenvalue weighted by Gasteiger charge is 2.17. The highest BCUT2D eigenvalue weighted by Crippen LogP contribution is 2.30. The van der Waals surface area contributed by atoms with Crippen molar-refractivity contribution >= 4 is 39.7 Å². The van der Waals surface area contributed by atoms with E-state index in [9.17, 15) is 4.79 Å². The van der Waals surface area contributed by atoms with Crippen LogP contribution in [0.1, 0.15) is 10.4 Å². The zero-order valence-electron chi connectivity index (χ0n) is 15.3. The highest BCUT2D eigenvalue weighted by atomic mass is 35.5. The Balaban J connectivity index is 1.50. The SMILES string of the molecule is CN1CCN(c2ccc(NC(=O)c3ccc4ccccc4c3)cc2Cl)CC1. The van der Waals surface area contributed by atoms with Crippen LogP contribution in [-0.4, -0.2) is 44.0 Å². The number of nitrogens with zero attached hydrogens (tertiary/aromatic N) is 2. The smallest absolute Gasteiger partial charge is 0.255 e. The number of fused-ring (bicyclic) bond motifs is 1. The summed E-state index contributed by atoms with van der Waals surface area (Å²) < 4.78 is 0. The molecule has 138 valence electrons. The first-order chi connectivity index (χ1) is 13.1. The largest absolute Gasteiger partial charge is 0.368 e. The second kappa shape index (κ2) is 7.59. The lowest BCUT2D eigenvalue weighted by molar-refractivity contribution is 0.102. The first-order valence-corrected chi connectivity index (χ1v) is 9.51. The van der Waals surface area contributed by atoms with Gasteiger partial charge < -0.3 is 15.1 Å². The summed E-state index contributed by atoms with van der Waals surface area (Å²) in [7, 11) is 2.13. The van der Waals surface area contributed by atoms with Crippen molar-refractivity contribution in [1.82, 2.24) is 4.90 Å². The minimum absolute atomic E-state index is 0.135. The van der Waals surface area contributed by atoms with Crippen molar-refractivity contribution in [2.45, 2.75) is 0 Å². The van der Waals surface area contributed by atoms with E-state index in [2.05, 4.69) is 22.2 Å². The highest BCUT2D eigenvalue weighted by molar-refractivity contribution is 6.33. The molecular formula is C22H22ClN3O. The Morgan fingerprint density at radius 1 is 0.926 bits per heavy atom. The third-order valence-corrected chi connectivity index (χ3v) is 5.36. The lowest BCUT2D eigenvalue weighted by Crippen LogP contribution is -2.44. The van der Waals surface area contributed by atoms with E-state index in [4.69, 9.17) is 11.6 Å². The van der Waals surface area contributed by atoms with Crippen molar-refractivity contribution in [1.29, 1.82) is 0 Å². The number of hydrogen-bond donors (Lipinski definition) is 1. The van der Waals surface area contributed by atoms with Crippen molar-refractivity contribution in [2.24, 2.45) is 0 Å². The van der Waals surface area contributed by atoms with Gasteiger partial charge in [0.05, 0.1) is 10.7 Å². The zero-order chi connectivity index (χ0) is 18.8. The molecule has 1 N–H and O–H groups in total. The number of anilines is 2. The van der Waals surface area contributed by atoms with Gasteiger partial charge >= 0.3 is 0 Å². The van der Waals surface area contributed by atoms with E-state index in [-0.39, 0.29) is 5.91 Å². The molecule has 4 rings (SSSR count). The maximum absolute atomic E-state index is 12.6. The molecule has 1 saturated heterocycles. The molecule has 3 aromatic carbocycles. The van der Waals surface area contributed by atoms with Crippen LogP contribution in [0.2, 0.25) is 5.02 Å². The van der Waals surface area contributed by atoms with Gasteiger partial charge in [-0.3, -0.25) is 4.79 Å². The molecule has 1 fully saturated rings. The van der Waals surface area contributed by atoms with E-state index in [1.807, 2.05) is 60.7 Å². The summed E-state index contributed by atoms with van der Waals surface area (Å²) in [5, 5.41) is 5.78. The summed E-state index contributed by atoms with van der Waals surface area (Å²) in [4.78, 5) is 17.2. The number of amides is 1. The maximum Gasteiger partial charge on any atom is 0.255 e. The lowest BCUT2D eigenvalue weighted by Gasteiger charge is -2.34. The molecule has 3 aromatic rings. The van der Waals surface area contributed by atoms with E-state index >= 15 is 0 Å². The van der Waals surface area contributed by atoms with E-state index in [0.717, 1.165) is 42.6 Å². The number of carbonyl (C=O) groups is 1. The molecule has 0 aliphatic carbocycles. The maximum atomic E-state index is 12.6. The van der Waals surface area contributed by atoms with Gasteiger partial charge in [0.1, 0.15) is 0 Å². The first kappa shape index (κ1) is 17.8. The van der Waals surface area contributed by atoms with E-state index in [1.165, 1.54) is 0 Å². The van der Waals surface area contributed by atoms with Crippen LogP contribution in [0, 0.1) is 0 Å². The molecule has 0 bridgehead atoms. The molecule has 4 nitrogen and oxygen atoms in total. The number of rotatable bonds is 3. The monoisotopic (exact) mass is 379 g/mol. The number of likely N-dealkylation sites (N-methyl/N-ethyl adjacent to an activating group) is 1. The number of piperazine rings is 1. The van der Waals surface area contributed by atoms with E-state index < -0.39 is 0 Å². The Labute approximate surface area is 164 Å². The number of hydrogen-bond acceptors (Lipinski definition) is 3. The van der Waals surface area contributed by atoms with Gasteiger partial charge in [-0.1, -0.05) is 41.9 Å². The molecule has 1 amide bonds.